The van der Waals surface area contributed by atoms with Gasteiger partial charge in [-0.05, 0) is 47.2 Å². The van der Waals surface area contributed by atoms with Crippen molar-refractivity contribution in [2.45, 2.75) is 0 Å². The van der Waals surface area contributed by atoms with Crippen LogP contribution in [0, 0.1) is 5.82 Å². The molecule has 2 N–H and O–H groups in total. The maximum atomic E-state index is 12.8. The van der Waals surface area contributed by atoms with Crippen molar-refractivity contribution in [3.05, 3.63) is 78.1 Å². The van der Waals surface area contributed by atoms with Crippen LogP contribution in [0.2, 0.25) is 0 Å². The molecule has 2 amide bonds. The molecule has 7 heteroatoms. The zero-order valence-electron chi connectivity index (χ0n) is 14.8. The predicted octanol–water partition coefficient (Wildman–Crippen LogP) is 2.89. The second kappa shape index (κ2) is 8.77. The van der Waals surface area contributed by atoms with Crippen molar-refractivity contribution in [2.75, 3.05) is 18.5 Å². The third-order valence-corrected chi connectivity index (χ3v) is 3.90. The number of amides is 2. The van der Waals surface area contributed by atoms with E-state index in [-0.39, 0.29) is 6.54 Å². The molecule has 0 spiro atoms. The molecule has 0 aliphatic carbocycles. The number of hydrogen-bond acceptors (Lipinski definition) is 4. The van der Waals surface area contributed by atoms with Gasteiger partial charge < -0.3 is 15.4 Å². The Balaban J connectivity index is 1.44. The van der Waals surface area contributed by atoms with Gasteiger partial charge in [-0.15, -0.1) is 0 Å². The van der Waals surface area contributed by atoms with E-state index < -0.39 is 30.2 Å². The van der Waals surface area contributed by atoms with Gasteiger partial charge in [-0.3, -0.25) is 14.4 Å². The number of hydrogen-bond donors (Lipinski definition) is 2. The molecule has 6 nitrogen and oxygen atoms in total. The van der Waals surface area contributed by atoms with Crippen molar-refractivity contribution in [3.8, 4) is 0 Å². The zero-order valence-corrected chi connectivity index (χ0v) is 14.8. The number of carbonyl (C=O) groups is 3. The average molecular weight is 380 g/mol. The second-order valence-corrected chi connectivity index (χ2v) is 5.96. The highest BCUT2D eigenvalue weighted by Gasteiger charge is 2.11. The maximum absolute atomic E-state index is 12.8. The maximum Gasteiger partial charge on any atom is 0.325 e. The van der Waals surface area contributed by atoms with Gasteiger partial charge in [0.1, 0.15) is 12.4 Å². The smallest absolute Gasteiger partial charge is 0.325 e. The molecule has 0 saturated carbocycles. The summed E-state index contributed by atoms with van der Waals surface area (Å²) in [5.74, 6) is -2.16. The molecule has 28 heavy (non-hydrogen) atoms. The van der Waals surface area contributed by atoms with E-state index in [1.807, 2.05) is 30.3 Å². The van der Waals surface area contributed by atoms with Gasteiger partial charge in [-0.2, -0.15) is 0 Å². The van der Waals surface area contributed by atoms with Gasteiger partial charge >= 0.3 is 5.97 Å². The Hall–Kier alpha value is -3.74. The van der Waals surface area contributed by atoms with Gasteiger partial charge in [-0.1, -0.05) is 30.3 Å². The number of halogens is 1. The van der Waals surface area contributed by atoms with Gasteiger partial charge in [0.15, 0.2) is 6.61 Å². The fraction of sp³-hybridized carbons (Fsp3) is 0.0952. The van der Waals surface area contributed by atoms with Crippen LogP contribution >= 0.6 is 0 Å². The molecular formula is C21H17FN2O4. The first-order valence-electron chi connectivity index (χ1n) is 8.49. The Bertz CT molecular complexity index is 1020. The lowest BCUT2D eigenvalue weighted by molar-refractivity contribution is -0.146. The number of fused-ring (bicyclic) bond motifs is 1. The molecule has 0 heterocycles. The SMILES string of the molecule is O=C(COC(=O)CNC(=O)c1ccc2ccccc2c1)Nc1ccc(F)cc1. The third kappa shape index (κ3) is 5.14. The summed E-state index contributed by atoms with van der Waals surface area (Å²) in [5, 5.41) is 6.84. The molecular weight excluding hydrogens is 363 g/mol. The standard InChI is InChI=1S/C21H17FN2O4/c22-17-7-9-18(10-8-17)24-19(25)13-28-20(26)12-23-21(27)16-6-5-14-3-1-2-4-15(14)11-16/h1-11H,12-13H2,(H,23,27)(H,24,25). The van der Waals surface area contributed by atoms with Crippen LogP contribution in [0.5, 0.6) is 0 Å². The van der Waals surface area contributed by atoms with Crippen LogP contribution < -0.4 is 10.6 Å². The molecule has 0 aliphatic rings. The van der Waals surface area contributed by atoms with Crippen molar-refractivity contribution in [1.29, 1.82) is 0 Å². The number of esters is 1. The highest BCUT2D eigenvalue weighted by Crippen LogP contribution is 2.15. The molecule has 3 rings (SSSR count). The lowest BCUT2D eigenvalue weighted by Gasteiger charge is -2.08. The normalized spacial score (nSPS) is 10.3. The molecule has 0 fully saturated rings. The summed E-state index contributed by atoms with van der Waals surface area (Å²) in [5.41, 5.74) is 0.799. The van der Waals surface area contributed by atoms with E-state index in [0.29, 0.717) is 11.3 Å². The quantitative estimate of drug-likeness (QED) is 0.644. The van der Waals surface area contributed by atoms with E-state index in [9.17, 15) is 18.8 Å². The summed E-state index contributed by atoms with van der Waals surface area (Å²) in [6, 6.07) is 18.0. The molecule has 0 saturated heterocycles. The minimum Gasteiger partial charge on any atom is -0.454 e. The summed E-state index contributed by atoms with van der Waals surface area (Å²) < 4.78 is 17.6. The number of rotatable bonds is 6. The Morgan fingerprint density at radius 3 is 2.36 bits per heavy atom. The summed E-state index contributed by atoms with van der Waals surface area (Å²) in [4.78, 5) is 35.6. The molecule has 0 aliphatic heterocycles. The fourth-order valence-electron chi connectivity index (χ4n) is 2.51. The van der Waals surface area contributed by atoms with Gasteiger partial charge in [0.05, 0.1) is 0 Å². The van der Waals surface area contributed by atoms with Crippen LogP contribution in [-0.4, -0.2) is 30.9 Å². The van der Waals surface area contributed by atoms with Crippen molar-refractivity contribution in [1.82, 2.24) is 5.32 Å². The summed E-state index contributed by atoms with van der Waals surface area (Å²) in [6.07, 6.45) is 0. The van der Waals surface area contributed by atoms with Crippen LogP contribution in [0.3, 0.4) is 0 Å². The molecule has 142 valence electrons. The van der Waals surface area contributed by atoms with E-state index in [1.54, 1.807) is 12.1 Å². The number of carbonyl (C=O) groups excluding carboxylic acids is 3. The van der Waals surface area contributed by atoms with Gasteiger partial charge in [0.2, 0.25) is 0 Å². The Morgan fingerprint density at radius 2 is 1.61 bits per heavy atom. The summed E-state index contributed by atoms with van der Waals surface area (Å²) in [7, 11) is 0. The second-order valence-electron chi connectivity index (χ2n) is 5.96. The van der Waals surface area contributed by atoms with Gasteiger partial charge in [-0.25, -0.2) is 4.39 Å². The van der Waals surface area contributed by atoms with E-state index in [1.165, 1.54) is 24.3 Å². The Kier molecular flexibility index (Phi) is 5.96. The summed E-state index contributed by atoms with van der Waals surface area (Å²) >= 11 is 0. The number of nitrogens with one attached hydrogen (secondary N) is 2. The fourth-order valence-corrected chi connectivity index (χ4v) is 2.51. The zero-order chi connectivity index (χ0) is 19.9. The molecule has 3 aromatic rings. The van der Waals surface area contributed by atoms with Crippen molar-refractivity contribution in [2.24, 2.45) is 0 Å². The number of anilines is 1. The first-order valence-corrected chi connectivity index (χ1v) is 8.49. The summed E-state index contributed by atoms with van der Waals surface area (Å²) in [6.45, 7) is -0.877. The van der Waals surface area contributed by atoms with E-state index >= 15 is 0 Å². The van der Waals surface area contributed by atoms with Crippen molar-refractivity contribution in [3.63, 3.8) is 0 Å². The Labute approximate surface area is 160 Å². The molecule has 3 aromatic carbocycles. The largest absolute Gasteiger partial charge is 0.454 e. The minimum absolute atomic E-state index is 0.366. The van der Waals surface area contributed by atoms with Crippen LogP contribution in [0.15, 0.2) is 66.7 Å². The highest BCUT2D eigenvalue weighted by atomic mass is 19.1. The average Bonchev–Trinajstić information content (AvgIpc) is 2.71. The van der Waals surface area contributed by atoms with Crippen LogP contribution in [0.1, 0.15) is 10.4 Å². The first kappa shape index (κ1) is 19.0. The third-order valence-electron chi connectivity index (χ3n) is 3.90. The van der Waals surface area contributed by atoms with Crippen LogP contribution in [0.25, 0.3) is 10.8 Å². The van der Waals surface area contributed by atoms with Gasteiger partial charge in [0, 0.05) is 11.3 Å². The number of ether oxygens (including phenoxy) is 1. The lowest BCUT2D eigenvalue weighted by Crippen LogP contribution is -2.32. The van der Waals surface area contributed by atoms with Crippen molar-refractivity contribution < 1.29 is 23.5 Å². The van der Waals surface area contributed by atoms with E-state index in [0.717, 1.165) is 10.8 Å². The van der Waals surface area contributed by atoms with E-state index in [4.69, 9.17) is 4.74 Å². The van der Waals surface area contributed by atoms with Crippen molar-refractivity contribution >= 4 is 34.2 Å². The predicted molar refractivity (Wildman–Crippen MR) is 102 cm³/mol. The van der Waals surface area contributed by atoms with Gasteiger partial charge in [0.25, 0.3) is 11.8 Å². The number of benzene rings is 3. The molecule has 0 atom stereocenters. The molecule has 0 unspecified atom stereocenters. The minimum atomic E-state index is -0.747. The van der Waals surface area contributed by atoms with E-state index in [2.05, 4.69) is 10.6 Å². The Morgan fingerprint density at radius 1 is 0.893 bits per heavy atom. The lowest BCUT2D eigenvalue weighted by atomic mass is 10.1. The monoisotopic (exact) mass is 380 g/mol. The molecule has 0 bridgehead atoms. The van der Waals surface area contributed by atoms with Crippen LogP contribution in [-0.2, 0) is 14.3 Å². The topological polar surface area (TPSA) is 84.5 Å². The highest BCUT2D eigenvalue weighted by molar-refractivity contribution is 6.00. The van der Waals surface area contributed by atoms with Crippen LogP contribution in [0.4, 0.5) is 10.1 Å². The first-order chi connectivity index (χ1) is 13.5. The molecule has 0 aromatic heterocycles. The molecule has 0 radical (unpaired) electrons.